The highest BCUT2D eigenvalue weighted by Gasteiger charge is 2.23. The molecule has 0 radical (unpaired) electrons. The van der Waals surface area contributed by atoms with E-state index in [0.29, 0.717) is 6.10 Å². The van der Waals surface area contributed by atoms with E-state index in [4.69, 9.17) is 4.74 Å². The zero-order valence-electron chi connectivity index (χ0n) is 9.62. The van der Waals surface area contributed by atoms with Crippen molar-refractivity contribution in [3.05, 3.63) is 0 Å². The van der Waals surface area contributed by atoms with E-state index in [2.05, 4.69) is 4.90 Å². The number of aliphatic hydroxyl groups is 1. The van der Waals surface area contributed by atoms with E-state index in [1.165, 1.54) is 12.8 Å². The lowest BCUT2D eigenvalue weighted by Gasteiger charge is -2.29. The van der Waals surface area contributed by atoms with Gasteiger partial charge in [-0.15, -0.1) is 0 Å². The molecule has 0 spiro atoms. The standard InChI is InChI=1S/C11H23NO2/c1-4-11(2,13)9-12(3)8-10-6-5-7-14-10/h10,13H,4-9H2,1-3H3. The summed E-state index contributed by atoms with van der Waals surface area (Å²) >= 11 is 0. The number of nitrogens with zero attached hydrogens (tertiary/aromatic N) is 1. The first-order chi connectivity index (χ1) is 6.53. The van der Waals surface area contributed by atoms with Gasteiger partial charge in [0.2, 0.25) is 0 Å². The summed E-state index contributed by atoms with van der Waals surface area (Å²) < 4.78 is 5.55. The fourth-order valence-corrected chi connectivity index (χ4v) is 1.89. The summed E-state index contributed by atoms with van der Waals surface area (Å²) in [6, 6.07) is 0. The van der Waals surface area contributed by atoms with Crippen LogP contribution in [0.4, 0.5) is 0 Å². The van der Waals surface area contributed by atoms with Crippen molar-refractivity contribution in [3.63, 3.8) is 0 Å². The third kappa shape index (κ3) is 3.95. The van der Waals surface area contributed by atoms with Crippen LogP contribution in [0.25, 0.3) is 0 Å². The van der Waals surface area contributed by atoms with Gasteiger partial charge in [0.25, 0.3) is 0 Å². The summed E-state index contributed by atoms with van der Waals surface area (Å²) in [5.74, 6) is 0. The van der Waals surface area contributed by atoms with E-state index in [1.54, 1.807) is 0 Å². The van der Waals surface area contributed by atoms with Gasteiger partial charge in [0.1, 0.15) is 0 Å². The van der Waals surface area contributed by atoms with Gasteiger partial charge in [-0.25, -0.2) is 0 Å². The Labute approximate surface area is 87.1 Å². The Morgan fingerprint density at radius 2 is 2.29 bits per heavy atom. The van der Waals surface area contributed by atoms with Crippen LogP contribution in [0.2, 0.25) is 0 Å². The maximum absolute atomic E-state index is 9.89. The molecule has 1 heterocycles. The average molecular weight is 201 g/mol. The van der Waals surface area contributed by atoms with E-state index < -0.39 is 5.60 Å². The van der Waals surface area contributed by atoms with Gasteiger partial charge in [-0.05, 0) is 33.2 Å². The van der Waals surface area contributed by atoms with Crippen LogP contribution < -0.4 is 0 Å². The Kier molecular flexibility index (Phi) is 4.35. The molecule has 2 unspecified atom stereocenters. The van der Waals surface area contributed by atoms with Crippen molar-refractivity contribution < 1.29 is 9.84 Å². The Hall–Kier alpha value is -0.120. The quantitative estimate of drug-likeness (QED) is 0.727. The summed E-state index contributed by atoms with van der Waals surface area (Å²) in [6.45, 7) is 6.47. The molecule has 0 bridgehead atoms. The van der Waals surface area contributed by atoms with Crippen LogP contribution in [0.15, 0.2) is 0 Å². The molecule has 0 aromatic heterocycles. The van der Waals surface area contributed by atoms with E-state index in [-0.39, 0.29) is 0 Å². The lowest BCUT2D eigenvalue weighted by molar-refractivity contribution is 0.00675. The first-order valence-corrected chi connectivity index (χ1v) is 5.56. The number of hydrogen-bond acceptors (Lipinski definition) is 3. The van der Waals surface area contributed by atoms with Crippen molar-refractivity contribution in [2.75, 3.05) is 26.7 Å². The number of ether oxygens (including phenoxy) is 1. The lowest BCUT2D eigenvalue weighted by atomic mass is 10.0. The molecule has 2 atom stereocenters. The van der Waals surface area contributed by atoms with E-state index >= 15 is 0 Å². The zero-order chi connectivity index (χ0) is 10.6. The van der Waals surface area contributed by atoms with Gasteiger partial charge in [0, 0.05) is 19.7 Å². The highest BCUT2D eigenvalue weighted by Crippen LogP contribution is 2.15. The molecule has 1 saturated heterocycles. The first-order valence-electron chi connectivity index (χ1n) is 5.56. The minimum absolute atomic E-state index is 0.382. The maximum Gasteiger partial charge on any atom is 0.0743 e. The Balaban J connectivity index is 2.23. The second-order valence-electron chi connectivity index (χ2n) is 4.68. The van der Waals surface area contributed by atoms with Gasteiger partial charge in [0.05, 0.1) is 11.7 Å². The predicted octanol–water partition coefficient (Wildman–Crippen LogP) is 1.26. The second-order valence-corrected chi connectivity index (χ2v) is 4.68. The van der Waals surface area contributed by atoms with Gasteiger partial charge in [-0.2, -0.15) is 0 Å². The van der Waals surface area contributed by atoms with Crippen molar-refractivity contribution in [2.45, 2.75) is 44.8 Å². The van der Waals surface area contributed by atoms with E-state index in [9.17, 15) is 5.11 Å². The molecular formula is C11H23NO2. The molecule has 0 aliphatic carbocycles. The highest BCUT2D eigenvalue weighted by molar-refractivity contribution is 4.77. The SMILES string of the molecule is CCC(C)(O)CN(C)CC1CCCO1. The fourth-order valence-electron chi connectivity index (χ4n) is 1.89. The molecule has 1 fully saturated rings. The predicted molar refractivity (Wildman–Crippen MR) is 57.4 cm³/mol. The monoisotopic (exact) mass is 201 g/mol. The van der Waals surface area contributed by atoms with Gasteiger partial charge >= 0.3 is 0 Å². The van der Waals surface area contributed by atoms with Crippen LogP contribution in [0.5, 0.6) is 0 Å². The molecule has 0 amide bonds. The van der Waals surface area contributed by atoms with E-state index in [0.717, 1.165) is 26.1 Å². The first kappa shape index (κ1) is 12.0. The number of likely N-dealkylation sites (N-methyl/N-ethyl adjacent to an activating group) is 1. The lowest BCUT2D eigenvalue weighted by Crippen LogP contribution is -2.41. The largest absolute Gasteiger partial charge is 0.389 e. The molecule has 84 valence electrons. The van der Waals surface area contributed by atoms with Gasteiger partial charge < -0.3 is 14.7 Å². The molecule has 0 aromatic carbocycles. The van der Waals surface area contributed by atoms with Crippen molar-refractivity contribution in [1.29, 1.82) is 0 Å². The van der Waals surface area contributed by atoms with Crippen LogP contribution in [-0.2, 0) is 4.74 Å². The summed E-state index contributed by atoms with van der Waals surface area (Å²) in [6.07, 6.45) is 3.53. The second kappa shape index (κ2) is 5.10. The van der Waals surface area contributed by atoms with Crippen molar-refractivity contribution in [2.24, 2.45) is 0 Å². The molecular weight excluding hydrogens is 178 g/mol. The molecule has 3 heteroatoms. The van der Waals surface area contributed by atoms with Crippen LogP contribution in [-0.4, -0.2) is 48.5 Å². The van der Waals surface area contributed by atoms with Gasteiger partial charge in [-0.1, -0.05) is 6.92 Å². The Morgan fingerprint density at radius 3 is 2.79 bits per heavy atom. The van der Waals surface area contributed by atoms with Crippen LogP contribution in [0.1, 0.15) is 33.1 Å². The molecule has 1 N–H and O–H groups in total. The minimum Gasteiger partial charge on any atom is -0.389 e. The average Bonchev–Trinajstić information content (AvgIpc) is 2.55. The topological polar surface area (TPSA) is 32.7 Å². The normalized spacial score (nSPS) is 26.8. The molecule has 14 heavy (non-hydrogen) atoms. The number of hydrogen-bond donors (Lipinski definition) is 1. The smallest absolute Gasteiger partial charge is 0.0743 e. The maximum atomic E-state index is 9.89. The van der Waals surface area contributed by atoms with Crippen molar-refractivity contribution in [1.82, 2.24) is 4.90 Å². The molecule has 1 rings (SSSR count). The van der Waals surface area contributed by atoms with Crippen LogP contribution >= 0.6 is 0 Å². The minimum atomic E-state index is -0.562. The highest BCUT2D eigenvalue weighted by atomic mass is 16.5. The summed E-state index contributed by atoms with van der Waals surface area (Å²) in [4.78, 5) is 2.17. The molecule has 1 aliphatic heterocycles. The van der Waals surface area contributed by atoms with Crippen molar-refractivity contribution >= 4 is 0 Å². The van der Waals surface area contributed by atoms with Crippen molar-refractivity contribution in [3.8, 4) is 0 Å². The van der Waals surface area contributed by atoms with Crippen LogP contribution in [0, 0.1) is 0 Å². The third-order valence-corrected chi connectivity index (χ3v) is 2.91. The number of rotatable bonds is 5. The molecule has 3 nitrogen and oxygen atoms in total. The van der Waals surface area contributed by atoms with Crippen LogP contribution in [0.3, 0.4) is 0 Å². The molecule has 1 aliphatic rings. The van der Waals surface area contributed by atoms with E-state index in [1.807, 2.05) is 20.9 Å². The van der Waals surface area contributed by atoms with Gasteiger partial charge in [-0.3, -0.25) is 0 Å². The Morgan fingerprint density at radius 1 is 1.57 bits per heavy atom. The summed E-state index contributed by atoms with van der Waals surface area (Å²) in [7, 11) is 2.05. The zero-order valence-corrected chi connectivity index (χ0v) is 9.62. The molecule has 0 saturated carbocycles. The van der Waals surface area contributed by atoms with Gasteiger partial charge in [0.15, 0.2) is 0 Å². The third-order valence-electron chi connectivity index (χ3n) is 2.91. The summed E-state index contributed by atoms with van der Waals surface area (Å²) in [5.41, 5.74) is -0.562. The molecule has 0 aromatic rings. The fraction of sp³-hybridized carbons (Fsp3) is 1.00. The Bertz CT molecular complexity index is 165. The summed E-state index contributed by atoms with van der Waals surface area (Å²) in [5, 5.41) is 9.89.